The molecule has 1 aromatic rings. The van der Waals surface area contributed by atoms with Gasteiger partial charge in [0.2, 0.25) is 5.91 Å². The Kier molecular flexibility index (Phi) is 10.9. The number of likely N-dealkylation sites (tertiary alicyclic amines) is 1. The number of hydrogen-bond donors (Lipinski definition) is 2. The summed E-state index contributed by atoms with van der Waals surface area (Å²) in [6.07, 6.45) is 4.84. The van der Waals surface area contributed by atoms with E-state index < -0.39 is 0 Å². The van der Waals surface area contributed by atoms with E-state index in [1.54, 1.807) is 7.05 Å². The molecule has 2 aliphatic heterocycles. The molecule has 0 spiro atoms. The van der Waals surface area contributed by atoms with Gasteiger partial charge in [-0.15, -0.1) is 24.0 Å². The van der Waals surface area contributed by atoms with Gasteiger partial charge in [0.1, 0.15) is 0 Å². The predicted octanol–water partition coefficient (Wildman–Crippen LogP) is 2.66. The van der Waals surface area contributed by atoms with Gasteiger partial charge in [-0.05, 0) is 42.7 Å². The number of rotatable bonds is 7. The fraction of sp³-hybridized carbons (Fsp3) is 0.636. The summed E-state index contributed by atoms with van der Waals surface area (Å²) in [7, 11) is 1.80. The molecule has 3 N–H and O–H groups in total. The van der Waals surface area contributed by atoms with Crippen molar-refractivity contribution in [3.05, 3.63) is 35.4 Å². The molecule has 2 aliphatic rings. The molecule has 30 heavy (non-hydrogen) atoms. The van der Waals surface area contributed by atoms with E-state index in [2.05, 4.69) is 39.5 Å². The standard InChI is InChI=1S/C22H34N4O3.HI/c1-24-22(26-10-2-3-19(15-26)13-21(23)27)25-14-17-4-6-18(7-5-17)16-29-20-8-11-28-12-9-20;/h4-7,19-20H,2-3,8-16H2,1H3,(H2,23,27)(H,24,25);1H. The molecular weight excluding hydrogens is 495 g/mol. The molecule has 1 unspecified atom stereocenters. The van der Waals surface area contributed by atoms with Crippen LogP contribution in [0.3, 0.4) is 0 Å². The number of nitrogens with two attached hydrogens (primary N) is 1. The zero-order valence-corrected chi connectivity index (χ0v) is 20.2. The van der Waals surface area contributed by atoms with Gasteiger partial charge in [0.25, 0.3) is 0 Å². The lowest BCUT2D eigenvalue weighted by Gasteiger charge is -2.34. The van der Waals surface area contributed by atoms with E-state index in [4.69, 9.17) is 15.2 Å². The van der Waals surface area contributed by atoms with E-state index in [1.165, 1.54) is 11.1 Å². The van der Waals surface area contributed by atoms with E-state index in [0.717, 1.165) is 57.9 Å². The molecule has 1 aromatic carbocycles. The molecule has 2 saturated heterocycles. The summed E-state index contributed by atoms with van der Waals surface area (Å²) < 4.78 is 11.4. The Morgan fingerprint density at radius 3 is 2.60 bits per heavy atom. The van der Waals surface area contributed by atoms with Crippen molar-refractivity contribution in [1.29, 1.82) is 0 Å². The van der Waals surface area contributed by atoms with Crippen LogP contribution in [0, 0.1) is 5.92 Å². The number of nitrogens with zero attached hydrogens (tertiary/aromatic N) is 2. The van der Waals surface area contributed by atoms with Crippen LogP contribution in [-0.2, 0) is 27.4 Å². The first-order valence-corrected chi connectivity index (χ1v) is 10.6. The fourth-order valence-corrected chi connectivity index (χ4v) is 4.03. The van der Waals surface area contributed by atoms with E-state index in [1.807, 2.05) is 0 Å². The minimum Gasteiger partial charge on any atom is -0.381 e. The summed E-state index contributed by atoms with van der Waals surface area (Å²) in [4.78, 5) is 17.9. The molecule has 7 nitrogen and oxygen atoms in total. The Morgan fingerprint density at radius 2 is 1.93 bits per heavy atom. The van der Waals surface area contributed by atoms with Crippen LogP contribution in [0.4, 0.5) is 0 Å². The topological polar surface area (TPSA) is 89.2 Å². The first kappa shape index (κ1) is 24.9. The van der Waals surface area contributed by atoms with E-state index in [9.17, 15) is 4.79 Å². The second-order valence-corrected chi connectivity index (χ2v) is 7.96. The highest BCUT2D eigenvalue weighted by atomic mass is 127. The molecule has 8 heteroatoms. The Bertz CT molecular complexity index is 677. The third kappa shape index (κ3) is 8.03. The Balaban J connectivity index is 0.00000320. The highest BCUT2D eigenvalue weighted by Gasteiger charge is 2.23. The van der Waals surface area contributed by atoms with E-state index in [0.29, 0.717) is 31.6 Å². The number of primary amides is 1. The average molecular weight is 530 g/mol. The number of hydrogen-bond acceptors (Lipinski definition) is 4. The molecule has 168 valence electrons. The lowest BCUT2D eigenvalue weighted by Crippen LogP contribution is -2.46. The number of piperidine rings is 1. The van der Waals surface area contributed by atoms with Crippen LogP contribution in [0.1, 0.15) is 43.2 Å². The first-order valence-electron chi connectivity index (χ1n) is 10.6. The molecule has 1 atom stereocenters. The summed E-state index contributed by atoms with van der Waals surface area (Å²) in [6.45, 7) is 4.75. The van der Waals surface area contributed by atoms with Gasteiger partial charge in [0, 0.05) is 46.3 Å². The average Bonchev–Trinajstić information content (AvgIpc) is 2.74. The SMILES string of the molecule is CN=C(NCc1ccc(COC2CCOCC2)cc1)N1CCCC(CC(N)=O)C1.I. The summed E-state index contributed by atoms with van der Waals surface area (Å²) in [5, 5.41) is 3.45. The van der Waals surface area contributed by atoms with Crippen LogP contribution < -0.4 is 11.1 Å². The number of carbonyl (C=O) groups is 1. The summed E-state index contributed by atoms with van der Waals surface area (Å²) in [5.74, 6) is 0.974. The van der Waals surface area contributed by atoms with Gasteiger partial charge in [-0.3, -0.25) is 9.79 Å². The van der Waals surface area contributed by atoms with Crippen LogP contribution in [0.5, 0.6) is 0 Å². The number of ether oxygens (including phenoxy) is 2. The number of nitrogens with one attached hydrogen (secondary N) is 1. The molecule has 3 rings (SSSR count). The molecule has 0 saturated carbocycles. The Hall–Kier alpha value is -1.39. The minimum absolute atomic E-state index is 0. The maximum absolute atomic E-state index is 11.2. The zero-order chi connectivity index (χ0) is 20.5. The van der Waals surface area contributed by atoms with Gasteiger partial charge in [-0.2, -0.15) is 0 Å². The van der Waals surface area contributed by atoms with Crippen LogP contribution >= 0.6 is 24.0 Å². The van der Waals surface area contributed by atoms with Crippen LogP contribution in [-0.4, -0.2) is 56.2 Å². The van der Waals surface area contributed by atoms with Gasteiger partial charge in [-0.25, -0.2) is 0 Å². The van der Waals surface area contributed by atoms with Crippen LogP contribution in [0.15, 0.2) is 29.3 Å². The normalized spacial score (nSPS) is 20.5. The molecule has 1 amide bonds. The smallest absolute Gasteiger partial charge is 0.217 e. The molecule has 0 aromatic heterocycles. The summed E-state index contributed by atoms with van der Waals surface area (Å²) in [6, 6.07) is 8.52. The predicted molar refractivity (Wildman–Crippen MR) is 129 cm³/mol. The number of guanidine groups is 1. The van der Waals surface area contributed by atoms with E-state index >= 15 is 0 Å². The third-order valence-corrected chi connectivity index (χ3v) is 5.65. The number of amides is 1. The second kappa shape index (κ2) is 13.1. The monoisotopic (exact) mass is 530 g/mol. The Morgan fingerprint density at radius 1 is 1.23 bits per heavy atom. The van der Waals surface area contributed by atoms with Crippen molar-refractivity contribution in [2.45, 2.75) is 51.4 Å². The maximum atomic E-state index is 11.2. The molecule has 0 bridgehead atoms. The molecule has 0 aliphatic carbocycles. The minimum atomic E-state index is -0.222. The van der Waals surface area contributed by atoms with Gasteiger partial charge in [-0.1, -0.05) is 24.3 Å². The highest BCUT2D eigenvalue weighted by Crippen LogP contribution is 2.19. The lowest BCUT2D eigenvalue weighted by atomic mass is 9.95. The largest absolute Gasteiger partial charge is 0.381 e. The highest BCUT2D eigenvalue weighted by molar-refractivity contribution is 14.0. The van der Waals surface area contributed by atoms with Crippen molar-refractivity contribution >= 4 is 35.8 Å². The van der Waals surface area contributed by atoms with Gasteiger partial charge in [0.15, 0.2) is 5.96 Å². The van der Waals surface area contributed by atoms with Crippen molar-refractivity contribution in [1.82, 2.24) is 10.2 Å². The van der Waals surface area contributed by atoms with Crippen molar-refractivity contribution in [3.63, 3.8) is 0 Å². The van der Waals surface area contributed by atoms with Crippen molar-refractivity contribution in [2.75, 3.05) is 33.4 Å². The van der Waals surface area contributed by atoms with Crippen molar-refractivity contribution in [2.24, 2.45) is 16.6 Å². The van der Waals surface area contributed by atoms with Crippen molar-refractivity contribution in [3.8, 4) is 0 Å². The lowest BCUT2D eigenvalue weighted by molar-refractivity contribution is -0.119. The number of aliphatic imine (C=N–C) groups is 1. The van der Waals surface area contributed by atoms with Gasteiger partial charge >= 0.3 is 0 Å². The number of benzene rings is 1. The fourth-order valence-electron chi connectivity index (χ4n) is 4.03. The van der Waals surface area contributed by atoms with Gasteiger partial charge in [0.05, 0.1) is 12.7 Å². The van der Waals surface area contributed by atoms with Crippen LogP contribution in [0.2, 0.25) is 0 Å². The summed E-state index contributed by atoms with van der Waals surface area (Å²) >= 11 is 0. The quantitative estimate of drug-likeness (QED) is 0.322. The second-order valence-electron chi connectivity index (χ2n) is 7.96. The molecule has 2 fully saturated rings. The number of carbonyl (C=O) groups excluding carboxylic acids is 1. The first-order chi connectivity index (χ1) is 14.1. The van der Waals surface area contributed by atoms with Crippen LogP contribution in [0.25, 0.3) is 0 Å². The number of halogens is 1. The van der Waals surface area contributed by atoms with E-state index in [-0.39, 0.29) is 29.9 Å². The molecular formula is C22H35IN4O3. The zero-order valence-electron chi connectivity index (χ0n) is 17.8. The maximum Gasteiger partial charge on any atom is 0.217 e. The molecule has 0 radical (unpaired) electrons. The molecule has 2 heterocycles. The summed E-state index contributed by atoms with van der Waals surface area (Å²) in [5.41, 5.74) is 7.76. The third-order valence-electron chi connectivity index (χ3n) is 5.65. The van der Waals surface area contributed by atoms with Crippen molar-refractivity contribution < 1.29 is 14.3 Å². The Labute approximate surface area is 196 Å². The van der Waals surface area contributed by atoms with Gasteiger partial charge < -0.3 is 25.4 Å².